The Hall–Kier alpha value is -3.41. The van der Waals surface area contributed by atoms with E-state index in [-0.39, 0.29) is 41.5 Å². The smallest absolute Gasteiger partial charge is 0.366 e. The molecule has 3 N–H and O–H groups in total. The predicted molar refractivity (Wildman–Crippen MR) is 154 cm³/mol. The molecule has 9 nitrogen and oxygen atoms in total. The number of anilines is 3. The normalized spacial score (nSPS) is 24.7. The van der Waals surface area contributed by atoms with E-state index < -0.39 is 23.7 Å². The number of nitrogens with one attached hydrogen (secondary N) is 3. The third-order valence-electron chi connectivity index (χ3n) is 9.21. The molecule has 0 spiro atoms. The summed E-state index contributed by atoms with van der Waals surface area (Å²) in [6.45, 7) is 4.20. The van der Waals surface area contributed by atoms with Gasteiger partial charge >= 0.3 is 6.18 Å². The fourth-order valence-electron chi connectivity index (χ4n) is 6.82. The van der Waals surface area contributed by atoms with E-state index in [4.69, 9.17) is 0 Å². The minimum absolute atomic E-state index is 0.0106. The van der Waals surface area contributed by atoms with Gasteiger partial charge < -0.3 is 25.8 Å². The van der Waals surface area contributed by atoms with Crippen molar-refractivity contribution in [3.8, 4) is 0 Å². The Morgan fingerprint density at radius 3 is 2.29 bits per heavy atom. The van der Waals surface area contributed by atoms with E-state index in [2.05, 4.69) is 37.9 Å². The van der Waals surface area contributed by atoms with Crippen molar-refractivity contribution in [2.24, 2.45) is 17.8 Å². The number of rotatable bonds is 8. The van der Waals surface area contributed by atoms with Gasteiger partial charge in [0.15, 0.2) is 0 Å². The van der Waals surface area contributed by atoms with Gasteiger partial charge in [-0.3, -0.25) is 9.59 Å². The first-order valence-corrected chi connectivity index (χ1v) is 14.9. The Kier molecular flexibility index (Phi) is 8.91. The van der Waals surface area contributed by atoms with E-state index in [0.29, 0.717) is 17.8 Å². The van der Waals surface area contributed by atoms with Gasteiger partial charge in [0.25, 0.3) is 5.91 Å². The number of amides is 2. The number of nitrogens with zero attached hydrogens (tertiary/aromatic N) is 4. The zero-order valence-corrected chi connectivity index (χ0v) is 24.4. The van der Waals surface area contributed by atoms with Gasteiger partial charge in [0, 0.05) is 43.1 Å². The highest BCUT2D eigenvalue weighted by Gasteiger charge is 2.48. The van der Waals surface area contributed by atoms with E-state index in [1.807, 2.05) is 14.0 Å². The highest BCUT2D eigenvalue weighted by atomic mass is 19.4. The second-order valence-corrected chi connectivity index (χ2v) is 11.9. The lowest BCUT2D eigenvalue weighted by molar-refractivity contribution is -0.137. The van der Waals surface area contributed by atoms with Crippen molar-refractivity contribution in [1.29, 1.82) is 0 Å². The van der Waals surface area contributed by atoms with E-state index in [1.165, 1.54) is 0 Å². The number of halogens is 3. The third-order valence-corrected chi connectivity index (χ3v) is 9.21. The van der Waals surface area contributed by atoms with Crippen LogP contribution < -0.4 is 16.0 Å². The molecule has 6 rings (SSSR count). The number of hydrogen-bond donors (Lipinski definition) is 3. The number of alkyl halides is 3. The summed E-state index contributed by atoms with van der Waals surface area (Å²) in [7, 11) is 3.90. The minimum Gasteiger partial charge on any atom is -0.366 e. The van der Waals surface area contributed by atoms with Crippen LogP contribution in [0.5, 0.6) is 0 Å². The van der Waals surface area contributed by atoms with Gasteiger partial charge in [-0.25, -0.2) is 4.98 Å². The standard InChI is InChI=1S/C30H40F3N7O2/c1-4-34-27(41)24-18-5-7-19(8-6-18)25(24)37-26-23(30(31,32)33)17-35-29(38-26)36-21-11-9-20(10-12-21)28(42)40(3)22-13-15-39(2)16-14-22/h9-12,17-19,22,24-25H,4-8,13-16H2,1-3H3,(H,34,41)(H2,35,36,37,38)/t18?,19?,24-,25-/m0/s1. The van der Waals surface area contributed by atoms with Gasteiger partial charge in [-0.1, -0.05) is 0 Å². The monoisotopic (exact) mass is 587 g/mol. The Balaban J connectivity index is 1.33. The highest BCUT2D eigenvalue weighted by Crippen LogP contribution is 2.47. The fraction of sp³-hybridized carbons (Fsp3) is 0.600. The van der Waals surface area contributed by atoms with Gasteiger partial charge in [-0.15, -0.1) is 0 Å². The number of aromatic nitrogens is 2. The Morgan fingerprint density at radius 2 is 1.67 bits per heavy atom. The molecule has 2 atom stereocenters. The molecule has 42 heavy (non-hydrogen) atoms. The topological polar surface area (TPSA) is 102 Å². The highest BCUT2D eigenvalue weighted by molar-refractivity contribution is 5.94. The average Bonchev–Trinajstić information content (AvgIpc) is 2.97. The minimum atomic E-state index is -4.67. The molecule has 3 saturated carbocycles. The van der Waals surface area contributed by atoms with Crippen LogP contribution in [-0.4, -0.2) is 77.4 Å². The maximum Gasteiger partial charge on any atom is 0.421 e. The summed E-state index contributed by atoms with van der Waals surface area (Å²) in [5, 5.41) is 8.89. The number of benzene rings is 1. The van der Waals surface area contributed by atoms with Crippen LogP contribution in [0.4, 0.5) is 30.6 Å². The summed E-state index contributed by atoms with van der Waals surface area (Å²) in [5.41, 5.74) is 0.0968. The Bertz CT molecular complexity index is 1260. The Labute approximate surface area is 244 Å². The first-order valence-electron chi connectivity index (χ1n) is 14.9. The first kappa shape index (κ1) is 30.1. The first-order chi connectivity index (χ1) is 20.0. The molecule has 0 radical (unpaired) electrons. The van der Waals surface area contributed by atoms with Crippen LogP contribution in [0.2, 0.25) is 0 Å². The maximum absolute atomic E-state index is 14.0. The summed E-state index contributed by atoms with van der Waals surface area (Å²) in [5.74, 6) is -0.733. The zero-order valence-electron chi connectivity index (χ0n) is 24.4. The summed E-state index contributed by atoms with van der Waals surface area (Å²) >= 11 is 0. The number of fused-ring (bicyclic) bond motifs is 3. The summed E-state index contributed by atoms with van der Waals surface area (Å²) in [6.07, 6.45) is 1.49. The van der Waals surface area contributed by atoms with Crippen LogP contribution in [-0.2, 0) is 11.0 Å². The molecule has 1 saturated heterocycles. The number of hydrogen-bond acceptors (Lipinski definition) is 7. The zero-order chi connectivity index (χ0) is 30.0. The Morgan fingerprint density at radius 1 is 1.02 bits per heavy atom. The van der Waals surface area contributed by atoms with Crippen molar-refractivity contribution in [3.63, 3.8) is 0 Å². The summed E-state index contributed by atoms with van der Waals surface area (Å²) < 4.78 is 42.0. The van der Waals surface area contributed by atoms with Crippen molar-refractivity contribution >= 4 is 29.3 Å². The van der Waals surface area contributed by atoms with E-state index in [1.54, 1.807) is 29.2 Å². The molecule has 3 aliphatic carbocycles. The van der Waals surface area contributed by atoms with Crippen LogP contribution in [0, 0.1) is 17.8 Å². The molecule has 2 bridgehead atoms. The lowest BCUT2D eigenvalue weighted by Crippen LogP contribution is -2.54. The molecule has 4 fully saturated rings. The lowest BCUT2D eigenvalue weighted by atomic mass is 9.61. The molecule has 4 aliphatic rings. The van der Waals surface area contributed by atoms with Gasteiger partial charge in [-0.05, 0) is 102 Å². The van der Waals surface area contributed by atoms with Crippen LogP contribution in [0.3, 0.4) is 0 Å². The number of likely N-dealkylation sites (tertiary alicyclic amines) is 1. The molecule has 1 aliphatic heterocycles. The van der Waals surface area contributed by atoms with Crippen LogP contribution >= 0.6 is 0 Å². The molecule has 12 heteroatoms. The molecular formula is C30H40F3N7O2. The summed E-state index contributed by atoms with van der Waals surface area (Å²) in [4.78, 5) is 38.2. The average molecular weight is 588 g/mol. The lowest BCUT2D eigenvalue weighted by Gasteiger charge is -2.48. The molecular weight excluding hydrogens is 547 g/mol. The van der Waals surface area contributed by atoms with Crippen LogP contribution in [0.1, 0.15) is 61.4 Å². The number of piperidine rings is 1. The van der Waals surface area contributed by atoms with Gasteiger partial charge in [0.2, 0.25) is 11.9 Å². The molecule has 1 aromatic heterocycles. The second kappa shape index (κ2) is 12.4. The molecule has 2 heterocycles. The van der Waals surface area contributed by atoms with Gasteiger partial charge in [-0.2, -0.15) is 18.2 Å². The van der Waals surface area contributed by atoms with Crippen molar-refractivity contribution in [1.82, 2.24) is 25.1 Å². The SMILES string of the molecule is CCNC(=O)[C@H]1C2CCC(CC2)[C@@H]1Nc1nc(Nc2ccc(C(=O)N(C)C3CCN(C)CC3)cc2)ncc1C(F)(F)F. The van der Waals surface area contributed by atoms with Crippen molar-refractivity contribution in [2.75, 3.05) is 44.4 Å². The van der Waals surface area contributed by atoms with Crippen molar-refractivity contribution < 1.29 is 22.8 Å². The maximum atomic E-state index is 14.0. The molecule has 0 unspecified atom stereocenters. The van der Waals surface area contributed by atoms with E-state index in [9.17, 15) is 22.8 Å². The third kappa shape index (κ3) is 6.48. The second-order valence-electron chi connectivity index (χ2n) is 11.9. The number of carbonyl (C=O) groups is 2. The largest absolute Gasteiger partial charge is 0.421 e. The van der Waals surface area contributed by atoms with Crippen LogP contribution in [0.25, 0.3) is 0 Å². The fourth-order valence-corrected chi connectivity index (χ4v) is 6.82. The number of carbonyl (C=O) groups excluding carboxylic acids is 2. The summed E-state index contributed by atoms with van der Waals surface area (Å²) in [6, 6.07) is 6.50. The molecule has 2 amide bonds. The quantitative estimate of drug-likeness (QED) is 0.410. The van der Waals surface area contributed by atoms with Gasteiger partial charge in [0.05, 0.1) is 5.92 Å². The van der Waals surface area contributed by atoms with Gasteiger partial charge in [0.1, 0.15) is 11.4 Å². The van der Waals surface area contributed by atoms with Crippen molar-refractivity contribution in [2.45, 2.75) is 63.7 Å². The van der Waals surface area contributed by atoms with E-state index in [0.717, 1.165) is 57.8 Å². The molecule has 2 aromatic rings. The van der Waals surface area contributed by atoms with Crippen LogP contribution in [0.15, 0.2) is 30.5 Å². The molecule has 1 aromatic carbocycles. The predicted octanol–water partition coefficient (Wildman–Crippen LogP) is 4.76. The molecule has 228 valence electrons. The van der Waals surface area contributed by atoms with Crippen molar-refractivity contribution in [3.05, 3.63) is 41.6 Å². The van der Waals surface area contributed by atoms with E-state index >= 15 is 0 Å².